The number of anilines is 2. The van der Waals surface area contributed by atoms with E-state index in [2.05, 4.69) is 184 Å². The fourth-order valence-electron chi connectivity index (χ4n) is 8.26. The van der Waals surface area contributed by atoms with Crippen LogP contribution in [0.3, 0.4) is 0 Å². The quantitative estimate of drug-likeness (QED) is 0.115. The van der Waals surface area contributed by atoms with Crippen LogP contribution in [-0.4, -0.2) is 12.8 Å². The fraction of sp³-hybridized carbons (Fsp3) is 0.282. The molecule has 6 rings (SSSR count). The number of aryl methyl sites for hydroxylation is 2. The van der Waals surface area contributed by atoms with E-state index in [4.69, 9.17) is 0 Å². The van der Waals surface area contributed by atoms with Crippen molar-refractivity contribution in [3.05, 3.63) is 138 Å². The van der Waals surface area contributed by atoms with Crippen LogP contribution in [0.25, 0.3) is 5.57 Å². The predicted molar refractivity (Wildman–Crippen MR) is 182 cm³/mol. The highest BCUT2D eigenvalue weighted by Crippen LogP contribution is 2.55. The third kappa shape index (κ3) is 4.33. The molecule has 0 saturated heterocycles. The van der Waals surface area contributed by atoms with E-state index in [1.54, 1.807) is 0 Å². The molecule has 0 saturated carbocycles. The summed E-state index contributed by atoms with van der Waals surface area (Å²) in [5.41, 5.74) is 8.56. The van der Waals surface area contributed by atoms with Crippen LogP contribution < -0.4 is 25.0 Å². The molecular formula is C39H44BN3+2. The van der Waals surface area contributed by atoms with E-state index >= 15 is 0 Å². The molecule has 0 bridgehead atoms. The van der Waals surface area contributed by atoms with Gasteiger partial charge in [-0.1, -0.05) is 84.4 Å². The molecule has 2 aromatic carbocycles. The molecule has 0 radical (unpaired) electrons. The fourth-order valence-corrected chi connectivity index (χ4v) is 8.26. The van der Waals surface area contributed by atoms with Crippen molar-refractivity contribution in [3.63, 3.8) is 0 Å². The number of para-hydroxylation sites is 1. The Balaban J connectivity index is 1.73. The number of hydrogen-bond donors (Lipinski definition) is 0. The van der Waals surface area contributed by atoms with Crippen LogP contribution in [0.4, 0.5) is 11.5 Å². The number of allylic oxidation sites excluding steroid dienone is 5. The molecule has 216 valence electrons. The van der Waals surface area contributed by atoms with Gasteiger partial charge in [0.15, 0.2) is 6.20 Å². The molecule has 3 nitrogen and oxygen atoms in total. The Morgan fingerprint density at radius 3 is 2.33 bits per heavy atom. The molecule has 2 aliphatic heterocycles. The standard InChI is InChI=1S/C39H44BN3/c1-8-18-32(30(4)34-23-15-16-27-41(34)7)39(6)38(5,26-9-2)36-28-40(31-20-11-10-12-21-31)33-22-13-14-24-35(33)42(36)37-25-17-19-29(3)43(37)39/h8-27,36H,28H2,1-7H3/q+2/b18-8-,26-9?,32-30-. The number of fused-ring (bicyclic) bond motifs is 5. The Kier molecular flexibility index (Phi) is 7.50. The normalized spacial score (nSPS) is 23.7. The number of pyridine rings is 2. The largest absolute Gasteiger partial charge is 0.282 e. The Labute approximate surface area is 258 Å². The number of rotatable bonds is 5. The van der Waals surface area contributed by atoms with Crippen LogP contribution >= 0.6 is 0 Å². The van der Waals surface area contributed by atoms with Gasteiger partial charge in [0.05, 0.1) is 5.41 Å². The maximum absolute atomic E-state index is 2.66. The van der Waals surface area contributed by atoms with Gasteiger partial charge in [0, 0.05) is 29.3 Å². The molecule has 4 heteroatoms. The lowest BCUT2D eigenvalue weighted by molar-refractivity contribution is -0.763. The third-order valence-electron chi connectivity index (χ3n) is 10.4. The molecule has 0 spiro atoms. The first-order chi connectivity index (χ1) is 20.8. The van der Waals surface area contributed by atoms with Crippen molar-refractivity contribution in [2.45, 2.75) is 59.4 Å². The van der Waals surface area contributed by atoms with E-state index in [1.807, 2.05) is 0 Å². The van der Waals surface area contributed by atoms with Gasteiger partial charge in [-0.25, -0.2) is 14.0 Å². The number of nitrogens with zero attached hydrogens (tertiary/aromatic N) is 3. The lowest BCUT2D eigenvalue weighted by atomic mass is 9.34. The number of hydrogen-bond acceptors (Lipinski definition) is 1. The molecule has 0 fully saturated rings. The second-order valence-corrected chi connectivity index (χ2v) is 12.6. The van der Waals surface area contributed by atoms with Crippen LogP contribution in [-0.2, 0) is 12.6 Å². The molecular weight excluding hydrogens is 521 g/mol. The lowest BCUT2D eigenvalue weighted by Crippen LogP contribution is -2.77. The van der Waals surface area contributed by atoms with Crippen LogP contribution in [0.5, 0.6) is 0 Å². The van der Waals surface area contributed by atoms with Crippen molar-refractivity contribution in [2.24, 2.45) is 12.5 Å². The van der Waals surface area contributed by atoms with Crippen molar-refractivity contribution in [1.29, 1.82) is 0 Å². The summed E-state index contributed by atoms with van der Waals surface area (Å²) in [6.07, 6.45) is 12.5. The molecule has 0 amide bonds. The van der Waals surface area contributed by atoms with Crippen molar-refractivity contribution >= 4 is 34.7 Å². The van der Waals surface area contributed by atoms with E-state index in [9.17, 15) is 0 Å². The summed E-state index contributed by atoms with van der Waals surface area (Å²) in [5, 5.41) is 0. The Morgan fingerprint density at radius 2 is 1.60 bits per heavy atom. The average molecular weight is 566 g/mol. The predicted octanol–water partition coefficient (Wildman–Crippen LogP) is 6.60. The highest BCUT2D eigenvalue weighted by molar-refractivity contribution is 6.86. The van der Waals surface area contributed by atoms with Gasteiger partial charge in [-0.05, 0) is 71.5 Å². The molecule has 2 aromatic heterocycles. The molecule has 3 unspecified atom stereocenters. The second-order valence-electron chi connectivity index (χ2n) is 12.6. The number of benzene rings is 2. The molecule has 4 aromatic rings. The van der Waals surface area contributed by atoms with Gasteiger partial charge in [-0.15, -0.1) is 0 Å². The highest BCUT2D eigenvalue weighted by atomic mass is 15.3. The Hall–Kier alpha value is -4.18. The smallest absolute Gasteiger partial charge is 0.225 e. The summed E-state index contributed by atoms with van der Waals surface area (Å²) < 4.78 is 4.88. The highest BCUT2D eigenvalue weighted by Gasteiger charge is 2.65. The van der Waals surface area contributed by atoms with Gasteiger partial charge in [-0.3, -0.25) is 0 Å². The average Bonchev–Trinajstić information content (AvgIpc) is 3.02. The topological polar surface area (TPSA) is 11.0 Å². The molecule has 2 aliphatic rings. The molecule has 0 N–H and O–H groups in total. The van der Waals surface area contributed by atoms with E-state index in [-0.39, 0.29) is 11.5 Å². The summed E-state index contributed by atoms with van der Waals surface area (Å²) in [6.45, 7) is 14.2. The molecule has 0 aliphatic carbocycles. The first kappa shape index (κ1) is 28.9. The second kappa shape index (κ2) is 11.2. The first-order valence-electron chi connectivity index (χ1n) is 15.7. The van der Waals surface area contributed by atoms with Crippen molar-refractivity contribution in [1.82, 2.24) is 0 Å². The van der Waals surface area contributed by atoms with Gasteiger partial charge in [-0.2, -0.15) is 0 Å². The maximum Gasteiger partial charge on any atom is 0.282 e. The SMILES string of the molecule is CC=CC1(C)C2CB(c3ccccc3)c3ccccc3N2c2cccc(C)[n+]2C1(C)C(/C=C\C)=C(/C)c1cccc[n+]1C. The van der Waals surface area contributed by atoms with Gasteiger partial charge >= 0.3 is 0 Å². The molecule has 3 atom stereocenters. The summed E-state index contributed by atoms with van der Waals surface area (Å²) in [7, 11) is 2.15. The van der Waals surface area contributed by atoms with Crippen molar-refractivity contribution < 1.29 is 9.13 Å². The van der Waals surface area contributed by atoms with E-state index in [0.717, 1.165) is 6.32 Å². The van der Waals surface area contributed by atoms with Crippen LogP contribution in [0.1, 0.15) is 46.0 Å². The minimum atomic E-state index is -0.395. The lowest BCUT2D eigenvalue weighted by Gasteiger charge is -2.56. The third-order valence-corrected chi connectivity index (χ3v) is 10.4. The van der Waals surface area contributed by atoms with Gasteiger partial charge < -0.3 is 0 Å². The zero-order valence-electron chi connectivity index (χ0n) is 26.8. The van der Waals surface area contributed by atoms with Crippen LogP contribution in [0.15, 0.2) is 127 Å². The minimum Gasteiger partial charge on any atom is -0.225 e. The van der Waals surface area contributed by atoms with E-state index < -0.39 is 5.54 Å². The number of aromatic nitrogens is 2. The first-order valence-corrected chi connectivity index (χ1v) is 15.7. The summed E-state index contributed by atoms with van der Waals surface area (Å²) in [5.74, 6) is 1.25. The maximum atomic E-state index is 2.66. The van der Waals surface area contributed by atoms with Gasteiger partial charge in [0.2, 0.25) is 12.4 Å². The minimum absolute atomic E-state index is 0.216. The summed E-state index contributed by atoms with van der Waals surface area (Å²) >= 11 is 0. The van der Waals surface area contributed by atoms with E-state index in [0.29, 0.717) is 6.71 Å². The zero-order chi connectivity index (χ0) is 30.4. The summed E-state index contributed by atoms with van der Waals surface area (Å²) in [6, 6.07) is 33.7. The molecule has 43 heavy (non-hydrogen) atoms. The monoisotopic (exact) mass is 565 g/mol. The zero-order valence-corrected chi connectivity index (χ0v) is 26.8. The van der Waals surface area contributed by atoms with Crippen LogP contribution in [0.2, 0.25) is 6.32 Å². The van der Waals surface area contributed by atoms with Gasteiger partial charge in [0.1, 0.15) is 30.0 Å². The van der Waals surface area contributed by atoms with Gasteiger partial charge in [0.25, 0.3) is 5.82 Å². The molecule has 4 heterocycles. The Morgan fingerprint density at radius 1 is 0.884 bits per heavy atom. The van der Waals surface area contributed by atoms with Crippen molar-refractivity contribution in [3.8, 4) is 0 Å². The van der Waals surface area contributed by atoms with Crippen molar-refractivity contribution in [2.75, 3.05) is 4.90 Å². The van der Waals surface area contributed by atoms with Crippen LogP contribution in [0, 0.1) is 12.3 Å². The Bertz CT molecular complexity index is 1750. The van der Waals surface area contributed by atoms with E-state index in [1.165, 1.54) is 45.0 Å². The summed E-state index contributed by atoms with van der Waals surface area (Å²) in [4.78, 5) is 2.66.